The Morgan fingerprint density at radius 1 is 1.10 bits per heavy atom. The number of allylic oxidation sites excluding steroid dienone is 3. The number of sulfone groups is 1. The molecule has 2 aliphatic heterocycles. The summed E-state index contributed by atoms with van der Waals surface area (Å²) in [5, 5.41) is 11.5. The van der Waals surface area contributed by atoms with Crippen LogP contribution in [-0.2, 0) is 15.3 Å². The van der Waals surface area contributed by atoms with Gasteiger partial charge in [-0.3, -0.25) is 14.8 Å². The Hall–Kier alpha value is -3.07. The van der Waals surface area contributed by atoms with Crippen LogP contribution in [0.2, 0.25) is 10.0 Å². The molecule has 3 aliphatic rings. The lowest BCUT2D eigenvalue weighted by atomic mass is 9.85. The first kappa shape index (κ1) is 36.2. The van der Waals surface area contributed by atoms with Crippen LogP contribution in [0.5, 0.6) is 5.75 Å². The van der Waals surface area contributed by atoms with E-state index in [1.54, 1.807) is 35.8 Å². The standard InChI is InChI=1S/C35H40Cl3N5O4S/c1-5-47-30-21-28(35(2,3)22-39)29(38)20-27(30)33-40-31(23-6-10-25(36)11-7-23)32(24-8-12-26(37)13-9-24)43(33)34(44)42-16-14-41(15-17-42)18-19-48(4,45)46/h6,8-13,20-21,23,31-32H,5,7,14-19H2,1-4H3/t23?,31-,32+/m0/s1. The van der Waals surface area contributed by atoms with E-state index in [-0.39, 0.29) is 23.7 Å². The van der Waals surface area contributed by atoms with Gasteiger partial charge in [-0.1, -0.05) is 59.1 Å². The van der Waals surface area contributed by atoms with Crippen LogP contribution >= 0.6 is 34.8 Å². The van der Waals surface area contributed by atoms with E-state index >= 15 is 0 Å². The zero-order chi connectivity index (χ0) is 34.8. The summed E-state index contributed by atoms with van der Waals surface area (Å²) >= 11 is 19.5. The molecule has 1 fully saturated rings. The van der Waals surface area contributed by atoms with Crippen LogP contribution < -0.4 is 4.74 Å². The highest BCUT2D eigenvalue weighted by Gasteiger charge is 2.47. The summed E-state index contributed by atoms with van der Waals surface area (Å²) < 4.78 is 29.7. The average molecular weight is 733 g/mol. The number of carbonyl (C=O) groups is 1. The van der Waals surface area contributed by atoms with Gasteiger partial charge in [-0.15, -0.1) is 0 Å². The van der Waals surface area contributed by atoms with Crippen molar-refractivity contribution >= 4 is 56.5 Å². The number of hydrogen-bond donors (Lipinski definition) is 0. The second-order valence-corrected chi connectivity index (χ2v) is 16.4. The molecule has 0 N–H and O–H groups in total. The fraction of sp³-hybridized carbons (Fsp3) is 0.457. The molecule has 2 aromatic rings. The van der Waals surface area contributed by atoms with E-state index < -0.39 is 21.3 Å². The van der Waals surface area contributed by atoms with E-state index in [1.807, 2.05) is 49.4 Å². The van der Waals surface area contributed by atoms with Crippen molar-refractivity contribution in [3.63, 3.8) is 0 Å². The van der Waals surface area contributed by atoms with E-state index in [2.05, 4.69) is 11.0 Å². The van der Waals surface area contributed by atoms with Gasteiger partial charge in [0.1, 0.15) is 21.4 Å². The van der Waals surface area contributed by atoms with Crippen LogP contribution in [0.3, 0.4) is 0 Å². The molecule has 0 bridgehead atoms. The minimum atomic E-state index is -3.11. The summed E-state index contributed by atoms with van der Waals surface area (Å²) in [4.78, 5) is 25.7. The Labute approximate surface area is 298 Å². The molecule has 0 spiro atoms. The van der Waals surface area contributed by atoms with E-state index in [0.29, 0.717) is 83.5 Å². The number of piperazine rings is 1. The van der Waals surface area contributed by atoms with Crippen molar-refractivity contribution in [2.75, 3.05) is 51.3 Å². The Balaban J connectivity index is 1.62. The van der Waals surface area contributed by atoms with Crippen LogP contribution in [0.15, 0.2) is 64.7 Å². The minimum absolute atomic E-state index is 0.0666. The second kappa shape index (κ2) is 14.8. The maximum Gasteiger partial charge on any atom is 0.326 e. The first-order valence-corrected chi connectivity index (χ1v) is 19.2. The highest BCUT2D eigenvalue weighted by atomic mass is 35.5. The average Bonchev–Trinajstić information content (AvgIpc) is 3.45. The van der Waals surface area contributed by atoms with E-state index in [4.69, 9.17) is 44.5 Å². The molecule has 2 heterocycles. The molecule has 9 nitrogen and oxygen atoms in total. The first-order valence-electron chi connectivity index (χ1n) is 16.0. The number of amides is 2. The molecular formula is C35H40Cl3N5O4S. The molecule has 0 saturated carbocycles. The maximum absolute atomic E-state index is 14.8. The zero-order valence-electron chi connectivity index (χ0n) is 27.5. The number of aliphatic imine (C=N–C) groups is 1. The number of ether oxygens (including phenoxy) is 1. The molecule has 1 unspecified atom stereocenters. The van der Waals surface area contributed by atoms with Crippen molar-refractivity contribution in [1.82, 2.24) is 14.7 Å². The van der Waals surface area contributed by atoms with Crippen LogP contribution in [0.1, 0.15) is 49.9 Å². The normalized spacial score (nSPS) is 21.9. The molecule has 0 radical (unpaired) electrons. The summed E-state index contributed by atoms with van der Waals surface area (Å²) in [7, 11) is -3.11. The molecule has 2 aromatic carbocycles. The van der Waals surface area contributed by atoms with Crippen LogP contribution in [0, 0.1) is 17.2 Å². The minimum Gasteiger partial charge on any atom is -0.493 e. The number of nitriles is 1. The Morgan fingerprint density at radius 2 is 1.79 bits per heavy atom. The third-order valence-corrected chi connectivity index (χ3v) is 10.8. The fourth-order valence-electron chi connectivity index (χ4n) is 6.32. The predicted molar refractivity (Wildman–Crippen MR) is 192 cm³/mol. The summed E-state index contributed by atoms with van der Waals surface area (Å²) in [6.45, 7) is 8.14. The SMILES string of the molecule is CCOc1cc(C(C)(C)C#N)c(Cl)cc1C1=N[C@@H](C2C=CC(Cl)=CC2)[C@@H](c2ccc(Cl)cc2)N1C(=O)N1CCN(CCS(C)(=O)=O)CC1. The lowest BCUT2D eigenvalue weighted by Gasteiger charge is -2.39. The van der Waals surface area contributed by atoms with Crippen molar-refractivity contribution in [1.29, 1.82) is 5.26 Å². The maximum atomic E-state index is 14.8. The first-order chi connectivity index (χ1) is 22.7. The number of amidine groups is 1. The van der Waals surface area contributed by atoms with Gasteiger partial charge in [0.2, 0.25) is 0 Å². The van der Waals surface area contributed by atoms with E-state index in [1.165, 1.54) is 6.26 Å². The number of nitrogens with zero attached hydrogens (tertiary/aromatic N) is 5. The summed E-state index contributed by atoms with van der Waals surface area (Å²) in [5.74, 6) is 0.888. The predicted octanol–water partition coefficient (Wildman–Crippen LogP) is 6.85. The molecule has 48 heavy (non-hydrogen) atoms. The van der Waals surface area contributed by atoms with Gasteiger partial charge in [0.15, 0.2) is 0 Å². The van der Waals surface area contributed by atoms with Crippen molar-refractivity contribution in [3.8, 4) is 11.8 Å². The quantitative estimate of drug-likeness (QED) is 0.280. The Kier molecular flexibility index (Phi) is 11.2. The highest BCUT2D eigenvalue weighted by molar-refractivity contribution is 7.90. The number of halogens is 3. The summed E-state index contributed by atoms with van der Waals surface area (Å²) in [6.07, 6.45) is 7.74. The van der Waals surface area contributed by atoms with Crippen molar-refractivity contribution in [2.45, 2.75) is 44.7 Å². The molecule has 0 aromatic heterocycles. The summed E-state index contributed by atoms with van der Waals surface area (Å²) in [5.41, 5.74) is 1.14. The van der Waals surface area contributed by atoms with Gasteiger partial charge in [0, 0.05) is 60.0 Å². The largest absolute Gasteiger partial charge is 0.493 e. The van der Waals surface area contributed by atoms with Gasteiger partial charge >= 0.3 is 6.03 Å². The highest BCUT2D eigenvalue weighted by Crippen LogP contribution is 2.44. The number of carbonyl (C=O) groups excluding carboxylic acids is 1. The third-order valence-electron chi connectivity index (χ3n) is 9.03. The Morgan fingerprint density at radius 3 is 2.38 bits per heavy atom. The molecule has 2 amide bonds. The van der Waals surface area contributed by atoms with Crippen molar-refractivity contribution in [2.24, 2.45) is 10.9 Å². The number of benzene rings is 2. The van der Waals surface area contributed by atoms with Gasteiger partial charge in [0.25, 0.3) is 0 Å². The number of urea groups is 1. The lowest BCUT2D eigenvalue weighted by molar-refractivity contribution is 0.121. The van der Waals surface area contributed by atoms with Gasteiger partial charge in [-0.2, -0.15) is 5.26 Å². The molecule has 1 saturated heterocycles. The Bertz CT molecular complexity index is 1780. The van der Waals surface area contributed by atoms with Gasteiger partial charge < -0.3 is 9.64 Å². The number of rotatable bonds is 9. The lowest BCUT2D eigenvalue weighted by Crippen LogP contribution is -2.55. The topological polar surface area (TPSA) is 106 Å². The monoisotopic (exact) mass is 731 g/mol. The van der Waals surface area contributed by atoms with E-state index in [9.17, 15) is 18.5 Å². The third kappa shape index (κ3) is 8.03. The molecule has 256 valence electrons. The second-order valence-electron chi connectivity index (χ2n) is 12.9. The van der Waals surface area contributed by atoms with Crippen molar-refractivity contribution in [3.05, 3.63) is 86.4 Å². The zero-order valence-corrected chi connectivity index (χ0v) is 30.6. The molecule has 1 aliphatic carbocycles. The van der Waals surface area contributed by atoms with Crippen LogP contribution in [-0.4, -0.2) is 92.4 Å². The smallest absolute Gasteiger partial charge is 0.326 e. The fourth-order valence-corrected chi connectivity index (χ4v) is 7.60. The van der Waals surface area contributed by atoms with Crippen LogP contribution in [0.4, 0.5) is 4.79 Å². The van der Waals surface area contributed by atoms with Gasteiger partial charge in [-0.25, -0.2) is 13.2 Å². The molecule has 5 rings (SSSR count). The van der Waals surface area contributed by atoms with Gasteiger partial charge in [-0.05, 0) is 68.7 Å². The van der Waals surface area contributed by atoms with Crippen LogP contribution in [0.25, 0.3) is 0 Å². The van der Waals surface area contributed by atoms with Gasteiger partial charge in [0.05, 0.1) is 41.5 Å². The molecule has 13 heteroatoms. The summed E-state index contributed by atoms with van der Waals surface area (Å²) in [6, 6.07) is 12.2. The number of hydrogen-bond acceptors (Lipinski definition) is 7. The van der Waals surface area contributed by atoms with Crippen molar-refractivity contribution < 1.29 is 17.9 Å². The molecular weight excluding hydrogens is 693 g/mol. The molecule has 3 atom stereocenters. The van der Waals surface area contributed by atoms with E-state index in [0.717, 1.165) is 5.56 Å².